The van der Waals surface area contributed by atoms with Crippen LogP contribution in [0.4, 0.5) is 5.69 Å². The molecule has 0 saturated carbocycles. The highest BCUT2D eigenvalue weighted by Gasteiger charge is 2.03. The molecule has 0 heterocycles. The molecular weight excluding hydrogens is 242 g/mol. The first-order chi connectivity index (χ1) is 8.24. The van der Waals surface area contributed by atoms with Crippen molar-refractivity contribution in [2.75, 3.05) is 12.5 Å². The number of rotatable bonds is 8. The van der Waals surface area contributed by atoms with Gasteiger partial charge in [-0.1, -0.05) is 12.8 Å². The number of ether oxygens (including phenoxy) is 1. The summed E-state index contributed by atoms with van der Waals surface area (Å²) >= 11 is 5.56. The average Bonchev–Trinajstić information content (AvgIpc) is 2.34. The molecule has 0 unspecified atom stereocenters. The van der Waals surface area contributed by atoms with Gasteiger partial charge in [0.1, 0.15) is 5.75 Å². The van der Waals surface area contributed by atoms with Gasteiger partial charge in [-0.2, -0.15) is 0 Å². The van der Waals surface area contributed by atoms with Crippen molar-refractivity contribution in [2.45, 2.75) is 25.7 Å². The van der Waals surface area contributed by atoms with E-state index in [0.717, 1.165) is 25.7 Å². The number of halogens is 1. The Hall–Kier alpha value is -1.29. The smallest absolute Gasteiger partial charge is 0.269 e. The summed E-state index contributed by atoms with van der Waals surface area (Å²) in [6.07, 6.45) is 4.24. The van der Waals surface area contributed by atoms with Crippen LogP contribution in [0.3, 0.4) is 0 Å². The van der Waals surface area contributed by atoms with Crippen LogP contribution in [0.5, 0.6) is 5.75 Å². The predicted molar refractivity (Wildman–Crippen MR) is 67.8 cm³/mol. The Balaban J connectivity index is 2.21. The summed E-state index contributed by atoms with van der Waals surface area (Å²) in [5.74, 6) is 1.39. The monoisotopic (exact) mass is 257 g/mol. The number of benzene rings is 1. The van der Waals surface area contributed by atoms with Crippen molar-refractivity contribution in [3.63, 3.8) is 0 Å². The second-order valence-corrected chi connectivity index (χ2v) is 4.08. The van der Waals surface area contributed by atoms with Crippen LogP contribution in [0.2, 0.25) is 0 Å². The molecule has 5 heteroatoms. The zero-order valence-corrected chi connectivity index (χ0v) is 10.4. The first-order valence-electron chi connectivity index (χ1n) is 5.67. The van der Waals surface area contributed by atoms with Crippen LogP contribution in [0.25, 0.3) is 0 Å². The van der Waals surface area contributed by atoms with E-state index < -0.39 is 4.92 Å². The highest BCUT2D eigenvalue weighted by atomic mass is 35.5. The summed E-state index contributed by atoms with van der Waals surface area (Å²) in [5.41, 5.74) is 0.0828. The van der Waals surface area contributed by atoms with E-state index in [9.17, 15) is 10.1 Å². The Morgan fingerprint density at radius 3 is 2.35 bits per heavy atom. The summed E-state index contributed by atoms with van der Waals surface area (Å²) < 4.78 is 5.47. The van der Waals surface area contributed by atoms with Crippen LogP contribution >= 0.6 is 11.6 Å². The lowest BCUT2D eigenvalue weighted by Crippen LogP contribution is -1.97. The second-order valence-electron chi connectivity index (χ2n) is 3.70. The van der Waals surface area contributed by atoms with Crippen LogP contribution in [-0.2, 0) is 0 Å². The molecule has 0 amide bonds. The van der Waals surface area contributed by atoms with Crippen molar-refractivity contribution in [3.8, 4) is 5.75 Å². The van der Waals surface area contributed by atoms with Crippen LogP contribution < -0.4 is 4.74 Å². The molecule has 0 atom stereocenters. The van der Waals surface area contributed by atoms with Crippen molar-refractivity contribution in [1.29, 1.82) is 0 Å². The molecule has 0 radical (unpaired) electrons. The Morgan fingerprint density at radius 1 is 1.12 bits per heavy atom. The number of nitrogens with zero attached hydrogens (tertiary/aromatic N) is 1. The molecule has 1 rings (SSSR count). The molecule has 94 valence electrons. The maximum absolute atomic E-state index is 10.4. The van der Waals surface area contributed by atoms with Gasteiger partial charge < -0.3 is 4.74 Å². The van der Waals surface area contributed by atoms with Crippen LogP contribution in [0, 0.1) is 10.1 Å². The average molecular weight is 258 g/mol. The molecule has 4 nitrogen and oxygen atoms in total. The Bertz CT molecular complexity index is 340. The fourth-order valence-electron chi connectivity index (χ4n) is 1.40. The number of hydrogen-bond acceptors (Lipinski definition) is 3. The van der Waals surface area contributed by atoms with E-state index in [1.807, 2.05) is 0 Å². The lowest BCUT2D eigenvalue weighted by molar-refractivity contribution is -0.384. The summed E-state index contributed by atoms with van der Waals surface area (Å²) in [6, 6.07) is 6.14. The van der Waals surface area contributed by atoms with Crippen molar-refractivity contribution in [1.82, 2.24) is 0 Å². The van der Waals surface area contributed by atoms with Gasteiger partial charge in [0.05, 0.1) is 11.5 Å². The van der Waals surface area contributed by atoms with Crippen molar-refractivity contribution in [3.05, 3.63) is 34.4 Å². The summed E-state index contributed by atoms with van der Waals surface area (Å²) in [7, 11) is 0. The first-order valence-corrected chi connectivity index (χ1v) is 6.20. The van der Waals surface area contributed by atoms with Gasteiger partial charge in [0, 0.05) is 18.0 Å². The summed E-state index contributed by atoms with van der Waals surface area (Å²) in [4.78, 5) is 10.0. The van der Waals surface area contributed by atoms with E-state index in [0.29, 0.717) is 18.2 Å². The summed E-state index contributed by atoms with van der Waals surface area (Å²) in [6.45, 7) is 0.639. The minimum absolute atomic E-state index is 0.0828. The van der Waals surface area contributed by atoms with E-state index in [2.05, 4.69) is 0 Å². The standard InChI is InChI=1S/C12H16ClNO3/c13-9-3-1-2-4-10-17-12-7-5-11(6-8-12)14(15)16/h5-8H,1-4,9-10H2. The quantitative estimate of drug-likeness (QED) is 0.308. The van der Waals surface area contributed by atoms with Gasteiger partial charge in [-0.25, -0.2) is 0 Å². The number of hydrogen-bond donors (Lipinski definition) is 0. The first kappa shape index (κ1) is 13.8. The molecule has 0 aliphatic heterocycles. The summed E-state index contributed by atoms with van der Waals surface area (Å²) in [5, 5.41) is 10.4. The lowest BCUT2D eigenvalue weighted by atomic mass is 10.2. The third-order valence-corrected chi connectivity index (χ3v) is 2.61. The SMILES string of the molecule is O=[N+]([O-])c1ccc(OCCCCCCCl)cc1. The van der Waals surface area contributed by atoms with Crippen molar-refractivity contribution < 1.29 is 9.66 Å². The van der Waals surface area contributed by atoms with E-state index >= 15 is 0 Å². The zero-order valence-electron chi connectivity index (χ0n) is 9.60. The largest absolute Gasteiger partial charge is 0.494 e. The van der Waals surface area contributed by atoms with Crippen LogP contribution in [0.15, 0.2) is 24.3 Å². The number of alkyl halides is 1. The van der Waals surface area contributed by atoms with E-state index in [-0.39, 0.29) is 5.69 Å². The fourth-order valence-corrected chi connectivity index (χ4v) is 1.59. The molecule has 1 aromatic carbocycles. The van der Waals surface area contributed by atoms with E-state index in [4.69, 9.17) is 16.3 Å². The van der Waals surface area contributed by atoms with Gasteiger partial charge in [-0.3, -0.25) is 10.1 Å². The zero-order chi connectivity index (χ0) is 12.5. The molecule has 0 spiro atoms. The molecule has 0 N–H and O–H groups in total. The number of nitro benzene ring substituents is 1. The van der Waals surface area contributed by atoms with Gasteiger partial charge in [-0.15, -0.1) is 11.6 Å². The van der Waals surface area contributed by atoms with Gasteiger partial charge in [0.25, 0.3) is 5.69 Å². The fraction of sp³-hybridized carbons (Fsp3) is 0.500. The second kappa shape index (κ2) is 7.90. The normalized spacial score (nSPS) is 10.2. The highest BCUT2D eigenvalue weighted by Crippen LogP contribution is 2.17. The Morgan fingerprint density at radius 2 is 1.76 bits per heavy atom. The minimum Gasteiger partial charge on any atom is -0.494 e. The van der Waals surface area contributed by atoms with Crippen LogP contribution in [-0.4, -0.2) is 17.4 Å². The van der Waals surface area contributed by atoms with Gasteiger partial charge in [0.15, 0.2) is 0 Å². The van der Waals surface area contributed by atoms with Gasteiger partial charge >= 0.3 is 0 Å². The number of unbranched alkanes of at least 4 members (excludes halogenated alkanes) is 3. The molecule has 0 aliphatic carbocycles. The molecule has 0 fully saturated rings. The lowest BCUT2D eigenvalue weighted by Gasteiger charge is -2.05. The minimum atomic E-state index is -0.421. The predicted octanol–water partition coefficient (Wildman–Crippen LogP) is 3.77. The Labute approximate surface area is 106 Å². The molecule has 0 aromatic heterocycles. The van der Waals surface area contributed by atoms with Crippen molar-refractivity contribution in [2.24, 2.45) is 0 Å². The molecule has 1 aromatic rings. The third kappa shape index (κ3) is 5.54. The topological polar surface area (TPSA) is 52.4 Å². The molecule has 0 bridgehead atoms. The number of nitro groups is 1. The van der Waals surface area contributed by atoms with Crippen molar-refractivity contribution >= 4 is 17.3 Å². The molecule has 17 heavy (non-hydrogen) atoms. The molecule has 0 aliphatic rings. The van der Waals surface area contributed by atoms with E-state index in [1.165, 1.54) is 12.1 Å². The van der Waals surface area contributed by atoms with Gasteiger partial charge in [0.2, 0.25) is 0 Å². The Kier molecular flexibility index (Phi) is 6.40. The maximum atomic E-state index is 10.4. The molecule has 0 saturated heterocycles. The highest BCUT2D eigenvalue weighted by molar-refractivity contribution is 6.17. The number of non-ortho nitro benzene ring substituents is 1. The van der Waals surface area contributed by atoms with E-state index in [1.54, 1.807) is 12.1 Å². The van der Waals surface area contributed by atoms with Crippen LogP contribution in [0.1, 0.15) is 25.7 Å². The third-order valence-electron chi connectivity index (χ3n) is 2.34. The van der Waals surface area contributed by atoms with Gasteiger partial charge in [-0.05, 0) is 25.0 Å². The maximum Gasteiger partial charge on any atom is 0.269 e. The molecular formula is C12H16ClNO3.